The van der Waals surface area contributed by atoms with E-state index in [0.29, 0.717) is 16.1 Å². The molecule has 0 spiro atoms. The highest BCUT2D eigenvalue weighted by Crippen LogP contribution is 2.41. The quantitative estimate of drug-likeness (QED) is 0.391. The summed E-state index contributed by atoms with van der Waals surface area (Å²) < 4.78 is 0. The van der Waals surface area contributed by atoms with Crippen LogP contribution in [-0.2, 0) is 9.59 Å². The Hall–Kier alpha value is -3.71. The van der Waals surface area contributed by atoms with E-state index in [-0.39, 0.29) is 23.0 Å². The lowest BCUT2D eigenvalue weighted by molar-refractivity contribution is -0.132. The van der Waals surface area contributed by atoms with Crippen LogP contribution in [0.3, 0.4) is 0 Å². The molecule has 1 unspecified atom stereocenters. The number of rotatable bonds is 3. The molecule has 2 N–H and O–H groups in total. The number of nitrogens with zero attached hydrogens (tertiary/aromatic N) is 3. The maximum Gasteiger partial charge on any atom is 0.302 e. The Morgan fingerprint density at radius 1 is 0.966 bits per heavy atom. The number of amides is 1. The second-order valence-electron chi connectivity index (χ2n) is 6.32. The van der Waals surface area contributed by atoms with Gasteiger partial charge in [-0.3, -0.25) is 14.5 Å². The zero-order chi connectivity index (χ0) is 20.5. The number of aromatic hydroxyl groups is 1. The van der Waals surface area contributed by atoms with Crippen LogP contribution in [-0.4, -0.2) is 31.9 Å². The molecule has 1 fully saturated rings. The van der Waals surface area contributed by atoms with Gasteiger partial charge in [-0.25, -0.2) is 9.97 Å². The molecule has 1 saturated heterocycles. The molecule has 0 radical (unpaired) electrons. The Morgan fingerprint density at radius 3 is 2.21 bits per heavy atom. The fraction of sp³-hybridized carbons (Fsp3) is 0.0476. The maximum atomic E-state index is 12.9. The minimum absolute atomic E-state index is 0.0272. The Bertz CT molecular complexity index is 1110. The maximum absolute atomic E-state index is 12.9. The number of halogens is 1. The highest BCUT2D eigenvalue weighted by molar-refractivity contribution is 6.51. The minimum atomic E-state index is -0.964. The number of phenols is 1. The molecule has 2 aromatic carbocycles. The Morgan fingerprint density at radius 2 is 1.59 bits per heavy atom. The summed E-state index contributed by atoms with van der Waals surface area (Å²) >= 11 is 5.90. The van der Waals surface area contributed by atoms with Crippen molar-refractivity contribution >= 4 is 35.0 Å². The summed E-state index contributed by atoms with van der Waals surface area (Å²) in [7, 11) is 0. The van der Waals surface area contributed by atoms with Gasteiger partial charge in [0.25, 0.3) is 5.78 Å². The van der Waals surface area contributed by atoms with Crippen LogP contribution in [0.1, 0.15) is 17.2 Å². The van der Waals surface area contributed by atoms with Gasteiger partial charge in [-0.1, -0.05) is 23.7 Å². The van der Waals surface area contributed by atoms with Crippen molar-refractivity contribution < 1.29 is 19.8 Å². The largest absolute Gasteiger partial charge is 0.508 e. The average molecular weight is 408 g/mol. The molecule has 29 heavy (non-hydrogen) atoms. The third-order valence-electron chi connectivity index (χ3n) is 4.54. The number of carbonyl (C=O) groups is 2. The first-order valence-electron chi connectivity index (χ1n) is 8.60. The third-order valence-corrected chi connectivity index (χ3v) is 4.79. The van der Waals surface area contributed by atoms with Crippen LogP contribution in [0.2, 0.25) is 5.02 Å². The van der Waals surface area contributed by atoms with E-state index in [0.717, 1.165) is 4.90 Å². The van der Waals surface area contributed by atoms with Crippen molar-refractivity contribution in [2.24, 2.45) is 0 Å². The van der Waals surface area contributed by atoms with Crippen molar-refractivity contribution in [3.05, 3.63) is 88.7 Å². The summed E-state index contributed by atoms with van der Waals surface area (Å²) in [6, 6.07) is 12.9. The van der Waals surface area contributed by atoms with Gasteiger partial charge in [0.15, 0.2) is 0 Å². The number of anilines is 1. The number of ketones is 1. The lowest BCUT2D eigenvalue weighted by atomic mass is 9.95. The normalized spacial score (nSPS) is 18.2. The number of aliphatic hydroxyl groups is 1. The lowest BCUT2D eigenvalue weighted by Gasteiger charge is -2.23. The molecule has 2 heterocycles. The molecule has 1 aromatic heterocycles. The van der Waals surface area contributed by atoms with Gasteiger partial charge in [0.2, 0.25) is 5.95 Å². The number of benzene rings is 2. The van der Waals surface area contributed by atoms with E-state index in [4.69, 9.17) is 11.6 Å². The number of hydrogen-bond acceptors (Lipinski definition) is 6. The van der Waals surface area contributed by atoms with Crippen LogP contribution in [0.15, 0.2) is 72.6 Å². The number of phenolic OH excluding ortho intramolecular Hbond substituents is 1. The van der Waals surface area contributed by atoms with Gasteiger partial charge >= 0.3 is 5.91 Å². The first-order valence-corrected chi connectivity index (χ1v) is 8.98. The number of carbonyl (C=O) groups excluding carboxylic acids is 2. The van der Waals surface area contributed by atoms with Gasteiger partial charge in [0, 0.05) is 23.0 Å². The van der Waals surface area contributed by atoms with Gasteiger partial charge in [0.05, 0.1) is 11.6 Å². The highest BCUT2D eigenvalue weighted by Gasteiger charge is 2.48. The lowest BCUT2D eigenvalue weighted by Crippen LogP contribution is -2.31. The van der Waals surface area contributed by atoms with Gasteiger partial charge in [-0.05, 0) is 48.0 Å². The molecule has 144 valence electrons. The highest BCUT2D eigenvalue weighted by atomic mass is 35.5. The van der Waals surface area contributed by atoms with E-state index in [1.165, 1.54) is 24.5 Å². The zero-order valence-corrected chi connectivity index (χ0v) is 15.6. The first kappa shape index (κ1) is 18.6. The van der Waals surface area contributed by atoms with E-state index in [9.17, 15) is 19.8 Å². The fourth-order valence-electron chi connectivity index (χ4n) is 3.19. The summed E-state index contributed by atoms with van der Waals surface area (Å²) in [5.41, 5.74) is 0.741. The molecule has 0 saturated carbocycles. The van der Waals surface area contributed by atoms with Crippen molar-refractivity contribution in [1.82, 2.24) is 9.97 Å². The number of aliphatic hydroxyl groups excluding tert-OH is 1. The standard InChI is InChI=1S/C21H14ClN3O4/c22-14-6-2-13(3-7-14)18(27)16-17(12-4-8-15(26)9-5-12)25(20(29)19(16)28)21-23-10-1-11-24-21/h1-11,17,26-27H. The van der Waals surface area contributed by atoms with Crippen molar-refractivity contribution in [1.29, 1.82) is 0 Å². The van der Waals surface area contributed by atoms with Crippen LogP contribution < -0.4 is 4.90 Å². The van der Waals surface area contributed by atoms with E-state index in [1.54, 1.807) is 42.5 Å². The SMILES string of the molecule is O=C1C(=O)N(c2ncccn2)C(c2ccc(O)cc2)C1=C(O)c1ccc(Cl)cc1. The van der Waals surface area contributed by atoms with Crippen LogP contribution in [0, 0.1) is 0 Å². The third kappa shape index (κ3) is 3.32. The topological polar surface area (TPSA) is 104 Å². The van der Waals surface area contributed by atoms with E-state index >= 15 is 0 Å². The van der Waals surface area contributed by atoms with Crippen molar-refractivity contribution in [3.63, 3.8) is 0 Å². The molecule has 1 amide bonds. The Labute approximate surface area is 170 Å². The molecule has 1 atom stereocenters. The summed E-state index contributed by atoms with van der Waals surface area (Å²) in [4.78, 5) is 35.0. The minimum Gasteiger partial charge on any atom is -0.508 e. The van der Waals surface area contributed by atoms with Crippen molar-refractivity contribution in [2.75, 3.05) is 4.90 Å². The predicted molar refractivity (Wildman–Crippen MR) is 106 cm³/mol. The summed E-state index contributed by atoms with van der Waals surface area (Å²) in [6.45, 7) is 0. The number of aromatic nitrogens is 2. The molecular formula is C21H14ClN3O4. The van der Waals surface area contributed by atoms with Gasteiger partial charge < -0.3 is 10.2 Å². The number of Topliss-reactive ketones (excluding diaryl/α,β-unsaturated/α-hetero) is 1. The van der Waals surface area contributed by atoms with Crippen LogP contribution in [0.5, 0.6) is 5.75 Å². The van der Waals surface area contributed by atoms with Crippen LogP contribution >= 0.6 is 11.6 Å². The summed E-state index contributed by atoms with van der Waals surface area (Å²) in [5, 5.41) is 21.0. The second-order valence-corrected chi connectivity index (χ2v) is 6.75. The molecule has 0 bridgehead atoms. The summed E-state index contributed by atoms with van der Waals surface area (Å²) in [5.74, 6) is -1.99. The Kier molecular flexibility index (Phi) is 4.74. The van der Waals surface area contributed by atoms with Crippen molar-refractivity contribution in [3.8, 4) is 5.75 Å². The van der Waals surface area contributed by atoms with Crippen molar-refractivity contribution in [2.45, 2.75) is 6.04 Å². The van der Waals surface area contributed by atoms with Gasteiger partial charge in [0.1, 0.15) is 11.5 Å². The van der Waals surface area contributed by atoms with Crippen LogP contribution in [0.25, 0.3) is 5.76 Å². The zero-order valence-electron chi connectivity index (χ0n) is 14.9. The first-order chi connectivity index (χ1) is 14.0. The Balaban J connectivity index is 1.94. The molecule has 1 aliphatic heterocycles. The fourth-order valence-corrected chi connectivity index (χ4v) is 3.32. The van der Waals surface area contributed by atoms with E-state index < -0.39 is 17.7 Å². The molecular weight excluding hydrogens is 394 g/mol. The monoisotopic (exact) mass is 407 g/mol. The summed E-state index contributed by atoms with van der Waals surface area (Å²) in [6.07, 6.45) is 2.91. The molecule has 1 aliphatic rings. The second kappa shape index (κ2) is 7.37. The van der Waals surface area contributed by atoms with E-state index in [1.807, 2.05) is 0 Å². The molecule has 7 nitrogen and oxygen atoms in total. The molecule has 3 aromatic rings. The molecule has 8 heteroatoms. The molecule has 4 rings (SSSR count). The predicted octanol–water partition coefficient (Wildman–Crippen LogP) is 3.46. The smallest absolute Gasteiger partial charge is 0.302 e. The van der Waals surface area contributed by atoms with E-state index in [2.05, 4.69) is 9.97 Å². The average Bonchev–Trinajstić information content (AvgIpc) is 3.00. The van der Waals surface area contributed by atoms with Gasteiger partial charge in [-0.15, -0.1) is 0 Å². The van der Waals surface area contributed by atoms with Gasteiger partial charge in [-0.2, -0.15) is 0 Å². The van der Waals surface area contributed by atoms with Crippen LogP contribution in [0.4, 0.5) is 5.95 Å². The molecule has 0 aliphatic carbocycles. The number of hydrogen-bond donors (Lipinski definition) is 2.